The molecule has 0 amide bonds. The smallest absolute Gasteiger partial charge is 0.376 e. The van der Waals surface area contributed by atoms with Crippen LogP contribution < -0.4 is 0 Å². The zero-order chi connectivity index (χ0) is 16.3. The lowest BCUT2D eigenvalue weighted by Gasteiger charge is -2.14. The van der Waals surface area contributed by atoms with Crippen molar-refractivity contribution < 1.29 is 46.0 Å². The fourth-order valence-corrected chi connectivity index (χ4v) is 1.15. The Kier molecular flexibility index (Phi) is 9.84. The van der Waals surface area contributed by atoms with Crippen LogP contribution in [0.5, 0.6) is 0 Å². The van der Waals surface area contributed by atoms with Gasteiger partial charge >= 0.3 is 6.11 Å². The van der Waals surface area contributed by atoms with E-state index in [1.54, 1.807) is 0 Å². The third kappa shape index (κ3) is 12.1. The summed E-state index contributed by atoms with van der Waals surface area (Å²) in [7, 11) is 0. The Balaban J connectivity index is 0.000000287. The van der Waals surface area contributed by atoms with E-state index in [2.05, 4.69) is 14.2 Å². The number of epoxide rings is 2. The molecule has 0 saturated carbocycles. The molecule has 132 valence electrons. The maximum absolute atomic E-state index is 12.4. The minimum Gasteiger partial charge on any atom is -0.376 e. The number of halogens is 4. The standard InChI is InChI=1S/C8H13F3O4.C4H7FO2/c9-6-15-8(10,11)5-13-2-1-12-3-7-4-14-7;5-3-6-1-4-2-7-4/h7H,1-6H2;4H,1-3H2. The minimum absolute atomic E-state index is 0.0119. The van der Waals surface area contributed by atoms with Crippen molar-refractivity contribution in [2.45, 2.75) is 18.3 Å². The van der Waals surface area contributed by atoms with E-state index in [-0.39, 0.29) is 25.4 Å². The van der Waals surface area contributed by atoms with E-state index < -0.39 is 26.4 Å². The molecule has 22 heavy (non-hydrogen) atoms. The van der Waals surface area contributed by atoms with E-state index in [0.717, 1.165) is 6.61 Å². The molecule has 0 N–H and O–H groups in total. The summed E-state index contributed by atoms with van der Waals surface area (Å²) in [5.41, 5.74) is 0. The van der Waals surface area contributed by atoms with Gasteiger partial charge in [-0.15, -0.1) is 0 Å². The second-order valence-corrected chi connectivity index (χ2v) is 4.41. The molecule has 2 atom stereocenters. The van der Waals surface area contributed by atoms with E-state index >= 15 is 0 Å². The van der Waals surface area contributed by atoms with E-state index in [0.29, 0.717) is 19.8 Å². The number of ether oxygens (including phenoxy) is 6. The predicted octanol–water partition coefficient (Wildman–Crippen LogP) is 1.28. The van der Waals surface area contributed by atoms with Gasteiger partial charge < -0.3 is 23.7 Å². The van der Waals surface area contributed by atoms with Crippen molar-refractivity contribution in [3.8, 4) is 0 Å². The molecule has 0 spiro atoms. The van der Waals surface area contributed by atoms with Gasteiger partial charge in [0.2, 0.25) is 0 Å². The van der Waals surface area contributed by atoms with Gasteiger partial charge in [0.15, 0.2) is 13.7 Å². The number of hydrogen-bond donors (Lipinski definition) is 0. The van der Waals surface area contributed by atoms with Gasteiger partial charge in [-0.25, -0.2) is 8.78 Å². The molecule has 6 nitrogen and oxygen atoms in total. The average Bonchev–Trinajstić information content (AvgIpc) is 3.36. The summed E-state index contributed by atoms with van der Waals surface area (Å²) in [6.45, 7) is -0.712. The maximum Gasteiger partial charge on any atom is 0.381 e. The van der Waals surface area contributed by atoms with Crippen molar-refractivity contribution >= 4 is 0 Å². The molecule has 2 aliphatic heterocycles. The first-order valence-corrected chi connectivity index (χ1v) is 6.67. The lowest BCUT2D eigenvalue weighted by molar-refractivity contribution is -0.279. The van der Waals surface area contributed by atoms with Gasteiger partial charge in [-0.1, -0.05) is 0 Å². The predicted molar refractivity (Wildman–Crippen MR) is 65.1 cm³/mol. The number of rotatable bonds is 12. The van der Waals surface area contributed by atoms with E-state index in [4.69, 9.17) is 14.2 Å². The molecular formula is C12H20F4O6. The van der Waals surface area contributed by atoms with Crippen molar-refractivity contribution in [3.05, 3.63) is 0 Å². The SMILES string of the molecule is FCOC(F)(F)COCCOCC1CO1.FCOCC1CO1. The maximum atomic E-state index is 12.4. The molecule has 2 fully saturated rings. The lowest BCUT2D eigenvalue weighted by atomic mass is 10.5. The zero-order valence-electron chi connectivity index (χ0n) is 12.0. The summed E-state index contributed by atoms with van der Waals surface area (Å²) in [6, 6.07) is 0. The highest BCUT2D eigenvalue weighted by Crippen LogP contribution is 2.15. The largest absolute Gasteiger partial charge is 0.381 e. The third-order valence-corrected chi connectivity index (χ3v) is 2.40. The van der Waals surface area contributed by atoms with Crippen LogP contribution in [-0.2, 0) is 28.4 Å². The van der Waals surface area contributed by atoms with E-state index in [1.807, 2.05) is 0 Å². The normalized spacial score (nSPS) is 22.9. The van der Waals surface area contributed by atoms with Gasteiger partial charge in [0, 0.05) is 0 Å². The van der Waals surface area contributed by atoms with Gasteiger partial charge in [-0.3, -0.25) is 4.74 Å². The minimum atomic E-state index is -3.58. The second-order valence-electron chi connectivity index (χ2n) is 4.41. The fourth-order valence-electron chi connectivity index (χ4n) is 1.15. The molecule has 0 radical (unpaired) electrons. The topological polar surface area (TPSA) is 62.0 Å². The molecule has 2 unspecified atom stereocenters. The Hall–Kier alpha value is -0.520. The van der Waals surface area contributed by atoms with E-state index in [9.17, 15) is 17.6 Å². The third-order valence-electron chi connectivity index (χ3n) is 2.40. The Bertz CT molecular complexity index is 276. The molecule has 2 heterocycles. The lowest BCUT2D eigenvalue weighted by Crippen LogP contribution is -2.28. The van der Waals surface area contributed by atoms with Crippen LogP contribution in [0.3, 0.4) is 0 Å². The molecule has 0 aromatic heterocycles. The molecule has 2 aliphatic rings. The van der Waals surface area contributed by atoms with Crippen molar-refractivity contribution in [1.82, 2.24) is 0 Å². The van der Waals surface area contributed by atoms with Crippen LogP contribution >= 0.6 is 0 Å². The number of hydrogen-bond acceptors (Lipinski definition) is 6. The van der Waals surface area contributed by atoms with Gasteiger partial charge in [-0.05, 0) is 0 Å². The molecular weight excluding hydrogens is 316 g/mol. The first-order valence-electron chi connectivity index (χ1n) is 6.67. The van der Waals surface area contributed by atoms with Gasteiger partial charge in [0.25, 0.3) is 0 Å². The van der Waals surface area contributed by atoms with Gasteiger partial charge in [0.1, 0.15) is 18.8 Å². The molecule has 0 bridgehead atoms. The van der Waals surface area contributed by atoms with Crippen LogP contribution in [0.15, 0.2) is 0 Å². The highest BCUT2D eigenvalue weighted by molar-refractivity contribution is 4.67. The molecule has 2 rings (SSSR count). The summed E-state index contributed by atoms with van der Waals surface area (Å²) >= 11 is 0. The summed E-state index contributed by atoms with van der Waals surface area (Å²) < 4.78 is 74.4. The Morgan fingerprint density at radius 3 is 1.91 bits per heavy atom. The highest BCUT2D eigenvalue weighted by Gasteiger charge is 2.30. The van der Waals surface area contributed by atoms with Crippen molar-refractivity contribution in [2.24, 2.45) is 0 Å². The van der Waals surface area contributed by atoms with Gasteiger partial charge in [0.05, 0.1) is 39.6 Å². The van der Waals surface area contributed by atoms with E-state index in [1.165, 1.54) is 0 Å². The van der Waals surface area contributed by atoms with Crippen molar-refractivity contribution in [1.29, 1.82) is 0 Å². The number of alkyl halides is 4. The first kappa shape index (κ1) is 19.5. The Labute approximate surface area is 125 Å². The summed E-state index contributed by atoms with van der Waals surface area (Å²) in [4.78, 5) is 0. The van der Waals surface area contributed by atoms with Crippen LogP contribution in [0.1, 0.15) is 0 Å². The quantitative estimate of drug-likeness (QED) is 0.304. The molecule has 0 aliphatic carbocycles. The summed E-state index contributed by atoms with van der Waals surface area (Å²) in [5.74, 6) is 0. The summed E-state index contributed by atoms with van der Waals surface area (Å²) in [5, 5.41) is 0. The second kappa shape index (κ2) is 11.1. The molecule has 2 saturated heterocycles. The fraction of sp³-hybridized carbons (Fsp3) is 1.00. The van der Waals surface area contributed by atoms with Crippen molar-refractivity contribution in [3.63, 3.8) is 0 Å². The monoisotopic (exact) mass is 336 g/mol. The van der Waals surface area contributed by atoms with Crippen LogP contribution in [0.4, 0.5) is 17.6 Å². The summed E-state index contributed by atoms with van der Waals surface area (Å²) in [6.07, 6.45) is -3.24. The van der Waals surface area contributed by atoms with Crippen molar-refractivity contribution in [2.75, 3.05) is 60.0 Å². The van der Waals surface area contributed by atoms with Crippen LogP contribution in [0.25, 0.3) is 0 Å². The van der Waals surface area contributed by atoms with Crippen LogP contribution in [-0.4, -0.2) is 78.3 Å². The molecule has 10 heteroatoms. The Morgan fingerprint density at radius 1 is 0.864 bits per heavy atom. The highest BCUT2D eigenvalue weighted by atomic mass is 19.3. The Morgan fingerprint density at radius 2 is 1.41 bits per heavy atom. The zero-order valence-corrected chi connectivity index (χ0v) is 12.0. The van der Waals surface area contributed by atoms with Gasteiger partial charge in [-0.2, -0.15) is 8.78 Å². The first-order chi connectivity index (χ1) is 10.6. The average molecular weight is 336 g/mol. The molecule has 0 aromatic carbocycles. The van der Waals surface area contributed by atoms with Crippen LogP contribution in [0, 0.1) is 0 Å². The molecule has 0 aromatic rings. The van der Waals surface area contributed by atoms with Crippen LogP contribution in [0.2, 0.25) is 0 Å².